The van der Waals surface area contributed by atoms with Gasteiger partial charge in [-0.2, -0.15) is 0 Å². The number of thiophene rings is 1. The van der Waals surface area contributed by atoms with Crippen LogP contribution in [0.2, 0.25) is 19.6 Å². The van der Waals surface area contributed by atoms with Crippen molar-refractivity contribution in [2.75, 3.05) is 0 Å². The zero-order valence-electron chi connectivity index (χ0n) is 18.1. The second-order valence-electron chi connectivity index (χ2n) is 10.3. The molecule has 0 atom stereocenters. The summed E-state index contributed by atoms with van der Waals surface area (Å²) in [5.41, 5.74) is 4.66. The second kappa shape index (κ2) is 6.99. The zero-order valence-corrected chi connectivity index (χ0v) is 20.0. The molecule has 1 aliphatic carbocycles. The van der Waals surface area contributed by atoms with E-state index in [4.69, 9.17) is 0 Å². The van der Waals surface area contributed by atoms with E-state index in [0.717, 1.165) is 4.88 Å². The van der Waals surface area contributed by atoms with Crippen molar-refractivity contribution in [3.63, 3.8) is 0 Å². The first-order valence-electron chi connectivity index (χ1n) is 10.0. The lowest BCUT2D eigenvalue weighted by Gasteiger charge is -2.42. The van der Waals surface area contributed by atoms with Gasteiger partial charge in [-0.25, -0.2) is 4.79 Å². The van der Waals surface area contributed by atoms with Crippen molar-refractivity contribution in [2.45, 2.75) is 71.0 Å². The van der Waals surface area contributed by atoms with Crippen LogP contribution in [0.5, 0.6) is 0 Å². The summed E-state index contributed by atoms with van der Waals surface area (Å²) >= 11 is 1.35. The Balaban J connectivity index is 2.14. The second-order valence-corrected chi connectivity index (χ2v) is 16.5. The summed E-state index contributed by atoms with van der Waals surface area (Å²) in [4.78, 5) is 12.7. The zero-order chi connectivity index (χ0) is 20.9. The minimum absolute atomic E-state index is 0.185. The van der Waals surface area contributed by atoms with Crippen LogP contribution in [0.25, 0.3) is 11.3 Å². The Kier molecular flexibility index (Phi) is 5.26. The van der Waals surface area contributed by atoms with E-state index in [2.05, 4.69) is 71.6 Å². The summed E-state index contributed by atoms with van der Waals surface area (Å²) in [5.74, 6) is -0.850. The van der Waals surface area contributed by atoms with Gasteiger partial charge in [0.25, 0.3) is 0 Å². The van der Waals surface area contributed by atoms with Crippen LogP contribution in [-0.2, 0) is 10.8 Å². The summed E-state index contributed by atoms with van der Waals surface area (Å²) in [7, 11) is -1.64. The third-order valence-corrected chi connectivity index (χ3v) is 9.17. The number of rotatable bonds is 4. The Morgan fingerprint density at radius 3 is 2.14 bits per heavy atom. The fourth-order valence-electron chi connectivity index (χ4n) is 4.18. The van der Waals surface area contributed by atoms with E-state index >= 15 is 0 Å². The highest BCUT2D eigenvalue weighted by Gasteiger charge is 2.37. The molecule has 1 aromatic heterocycles. The Labute approximate surface area is 174 Å². The van der Waals surface area contributed by atoms with Crippen molar-refractivity contribution in [3.05, 3.63) is 56.8 Å². The van der Waals surface area contributed by atoms with Crippen molar-refractivity contribution < 1.29 is 9.90 Å². The summed E-state index contributed by atoms with van der Waals surface area (Å²) < 4.78 is 0. The predicted molar refractivity (Wildman–Crippen MR) is 124 cm³/mol. The molecule has 28 heavy (non-hydrogen) atoms. The molecule has 2 nitrogen and oxygen atoms in total. The van der Waals surface area contributed by atoms with E-state index in [1.165, 1.54) is 46.1 Å². The largest absolute Gasteiger partial charge is 0.477 e. The summed E-state index contributed by atoms with van der Waals surface area (Å²) in [6.07, 6.45) is 4.65. The molecule has 1 aliphatic rings. The number of hydrogen-bond donors (Lipinski definition) is 1. The first kappa shape index (κ1) is 21.1. The first-order chi connectivity index (χ1) is 12.8. The molecule has 2 aromatic rings. The highest BCUT2D eigenvalue weighted by molar-refractivity contribution is 7.15. The molecule has 0 unspecified atom stereocenters. The van der Waals surface area contributed by atoms with E-state index in [1.807, 2.05) is 6.07 Å². The van der Waals surface area contributed by atoms with Gasteiger partial charge >= 0.3 is 5.97 Å². The minimum atomic E-state index is -1.64. The number of aromatic carboxylic acids is 1. The van der Waals surface area contributed by atoms with Crippen molar-refractivity contribution in [1.29, 1.82) is 0 Å². The number of benzene rings is 1. The van der Waals surface area contributed by atoms with E-state index < -0.39 is 14.0 Å². The van der Waals surface area contributed by atoms with Crippen LogP contribution in [0.3, 0.4) is 0 Å². The maximum Gasteiger partial charge on any atom is 0.345 e. The normalized spacial score (nSPS) is 18.6. The lowest BCUT2D eigenvalue weighted by Crippen LogP contribution is -2.34. The lowest BCUT2D eigenvalue weighted by atomic mass is 9.63. The molecule has 0 amide bonds. The Bertz CT molecular complexity index is 942. The third-order valence-electron chi connectivity index (χ3n) is 6.10. The van der Waals surface area contributed by atoms with Gasteiger partial charge in [0.15, 0.2) is 0 Å². The number of carboxylic acids is 1. The molecule has 0 radical (unpaired) electrons. The minimum Gasteiger partial charge on any atom is -0.477 e. The van der Waals surface area contributed by atoms with Crippen LogP contribution in [0.1, 0.15) is 71.8 Å². The topological polar surface area (TPSA) is 37.3 Å². The molecule has 4 heteroatoms. The Morgan fingerprint density at radius 2 is 1.61 bits per heavy atom. The van der Waals surface area contributed by atoms with Crippen LogP contribution in [-0.4, -0.2) is 19.1 Å². The van der Waals surface area contributed by atoms with Crippen molar-refractivity contribution in [1.82, 2.24) is 0 Å². The van der Waals surface area contributed by atoms with Crippen LogP contribution in [0, 0.1) is 0 Å². The van der Waals surface area contributed by atoms with Gasteiger partial charge < -0.3 is 5.11 Å². The Morgan fingerprint density at radius 1 is 1.00 bits per heavy atom. The fraction of sp³-hybridized carbons (Fsp3) is 0.458. The van der Waals surface area contributed by atoms with Crippen molar-refractivity contribution in [3.8, 4) is 0 Å². The molecule has 1 heterocycles. The van der Waals surface area contributed by atoms with Gasteiger partial charge in [-0.05, 0) is 58.6 Å². The molecule has 0 saturated carbocycles. The predicted octanol–water partition coefficient (Wildman–Crippen LogP) is 7.21. The van der Waals surface area contributed by atoms with Gasteiger partial charge in [-0.15, -0.1) is 11.3 Å². The van der Waals surface area contributed by atoms with Gasteiger partial charge in [-0.1, -0.05) is 70.7 Å². The SMILES string of the molecule is CC1(C)CCC(C)(C)c2cc(/C(=C/c3ccc(C(=O)O)s3)[Si](C)(C)C)ccc21. The standard InChI is InChI=1S/C24H32O2SSi/c1-23(2)12-13-24(3,4)19-14-16(8-10-18(19)23)21(28(5,6)7)15-17-9-11-20(27-17)22(25)26/h8-11,14-15H,12-13H2,1-7H3,(H,25,26)/b21-15-. The first-order valence-corrected chi connectivity index (χ1v) is 14.3. The fourth-order valence-corrected chi connectivity index (χ4v) is 6.68. The molecule has 1 aromatic carbocycles. The highest BCUT2D eigenvalue weighted by Crippen LogP contribution is 2.47. The van der Waals surface area contributed by atoms with Crippen LogP contribution >= 0.6 is 11.3 Å². The van der Waals surface area contributed by atoms with E-state index in [9.17, 15) is 9.90 Å². The molecule has 150 valence electrons. The van der Waals surface area contributed by atoms with E-state index in [1.54, 1.807) is 6.07 Å². The molecular formula is C24H32O2SSi. The number of fused-ring (bicyclic) bond motifs is 1. The number of carboxylic acid groups (broad SMARTS) is 1. The molecule has 3 rings (SSSR count). The summed E-state index contributed by atoms with van der Waals surface area (Å²) in [5, 5.41) is 10.6. The van der Waals surface area contributed by atoms with Gasteiger partial charge in [0, 0.05) is 4.88 Å². The maximum absolute atomic E-state index is 11.3. The van der Waals surface area contributed by atoms with Gasteiger partial charge in [0.2, 0.25) is 0 Å². The van der Waals surface area contributed by atoms with Crippen molar-refractivity contribution >= 4 is 36.7 Å². The van der Waals surface area contributed by atoms with Gasteiger partial charge in [0.05, 0.1) is 8.07 Å². The molecule has 1 N–H and O–H groups in total. The lowest BCUT2D eigenvalue weighted by molar-refractivity contribution is 0.0702. The molecule has 0 fully saturated rings. The van der Waals surface area contributed by atoms with Crippen molar-refractivity contribution in [2.24, 2.45) is 0 Å². The van der Waals surface area contributed by atoms with Gasteiger partial charge in [0.1, 0.15) is 4.88 Å². The highest BCUT2D eigenvalue weighted by atomic mass is 32.1. The number of hydrogen-bond acceptors (Lipinski definition) is 2. The van der Waals surface area contributed by atoms with Crippen LogP contribution in [0.4, 0.5) is 0 Å². The van der Waals surface area contributed by atoms with E-state index in [-0.39, 0.29) is 10.8 Å². The monoisotopic (exact) mass is 412 g/mol. The molecule has 0 saturated heterocycles. The average Bonchev–Trinajstić information content (AvgIpc) is 3.05. The summed E-state index contributed by atoms with van der Waals surface area (Å²) in [6.45, 7) is 16.5. The molecule has 0 bridgehead atoms. The van der Waals surface area contributed by atoms with E-state index in [0.29, 0.717) is 4.88 Å². The smallest absolute Gasteiger partial charge is 0.345 e. The molecular weight excluding hydrogens is 380 g/mol. The average molecular weight is 413 g/mol. The van der Waals surface area contributed by atoms with Gasteiger partial charge in [-0.3, -0.25) is 0 Å². The summed E-state index contributed by atoms with van der Waals surface area (Å²) in [6, 6.07) is 10.7. The third kappa shape index (κ3) is 4.04. The van der Waals surface area contributed by atoms with Crippen LogP contribution in [0.15, 0.2) is 30.3 Å². The number of carbonyl (C=O) groups is 1. The molecule has 0 aliphatic heterocycles. The molecule has 0 spiro atoms. The maximum atomic E-state index is 11.3. The quantitative estimate of drug-likeness (QED) is 0.538. The Hall–Kier alpha value is -1.65. The van der Waals surface area contributed by atoms with Crippen LogP contribution < -0.4 is 0 Å².